The fourth-order valence-corrected chi connectivity index (χ4v) is 1.17. The molecule has 0 aromatic carbocycles. The molecular weight excluding hydrogens is 208 g/mol. The van der Waals surface area contributed by atoms with Gasteiger partial charge in [-0.3, -0.25) is 15.1 Å². The van der Waals surface area contributed by atoms with Gasteiger partial charge in [0.25, 0.3) is 5.56 Å². The number of nitrogens with one attached hydrogen (secondary N) is 3. The molecule has 0 aliphatic heterocycles. The molecule has 0 spiro atoms. The van der Waals surface area contributed by atoms with Gasteiger partial charge in [-0.1, -0.05) is 13.3 Å². The van der Waals surface area contributed by atoms with Crippen molar-refractivity contribution in [3.63, 3.8) is 0 Å². The van der Waals surface area contributed by atoms with E-state index >= 15 is 0 Å². The number of anilines is 1. The predicted molar refractivity (Wildman–Crippen MR) is 61.5 cm³/mol. The Balaban J connectivity index is 2.52. The van der Waals surface area contributed by atoms with E-state index in [-0.39, 0.29) is 17.5 Å². The summed E-state index contributed by atoms with van der Waals surface area (Å²) in [5.74, 6) is 0.166. The topological polar surface area (TPSA) is 86.9 Å². The maximum Gasteiger partial charge on any atom is 0.321 e. The van der Waals surface area contributed by atoms with Crippen molar-refractivity contribution in [2.24, 2.45) is 0 Å². The van der Waals surface area contributed by atoms with Crippen molar-refractivity contribution in [3.05, 3.63) is 22.1 Å². The molecule has 3 N–H and O–H groups in total. The van der Waals surface area contributed by atoms with Crippen molar-refractivity contribution in [2.75, 3.05) is 11.9 Å². The Hall–Kier alpha value is -1.85. The summed E-state index contributed by atoms with van der Waals surface area (Å²) < 4.78 is 0. The molecule has 0 saturated heterocycles. The average molecular weight is 224 g/mol. The number of aromatic amines is 1. The van der Waals surface area contributed by atoms with Crippen molar-refractivity contribution < 1.29 is 4.79 Å². The van der Waals surface area contributed by atoms with Gasteiger partial charge in [-0.25, -0.2) is 9.78 Å². The van der Waals surface area contributed by atoms with E-state index in [9.17, 15) is 9.59 Å². The molecular formula is C10H16N4O2. The largest absolute Gasteiger partial charge is 0.338 e. The van der Waals surface area contributed by atoms with Crippen molar-refractivity contribution >= 4 is 12.0 Å². The summed E-state index contributed by atoms with van der Waals surface area (Å²) in [6, 6.07) is 1.00. The third-order valence-electron chi connectivity index (χ3n) is 1.92. The van der Waals surface area contributed by atoms with Gasteiger partial charge in [-0.2, -0.15) is 0 Å². The molecule has 1 aromatic heterocycles. The van der Waals surface area contributed by atoms with Crippen molar-refractivity contribution in [1.29, 1.82) is 0 Å². The second kappa shape index (κ2) is 5.89. The number of carbonyl (C=O) groups excluding carboxylic acids is 1. The van der Waals surface area contributed by atoms with Gasteiger partial charge in [0.15, 0.2) is 0 Å². The van der Waals surface area contributed by atoms with Gasteiger partial charge in [-0.05, 0) is 13.3 Å². The van der Waals surface area contributed by atoms with E-state index in [0.717, 1.165) is 12.8 Å². The smallest absolute Gasteiger partial charge is 0.321 e. The summed E-state index contributed by atoms with van der Waals surface area (Å²) in [4.78, 5) is 28.8. The van der Waals surface area contributed by atoms with Crippen LogP contribution in [0.5, 0.6) is 0 Å². The first-order chi connectivity index (χ1) is 7.61. The second-order valence-electron chi connectivity index (χ2n) is 3.47. The van der Waals surface area contributed by atoms with E-state index < -0.39 is 0 Å². The standard InChI is InChI=1S/C10H16N4O2/c1-3-4-5-11-10(16)14-9-12-7(2)6-8(15)13-9/h6H,3-5H2,1-2H3,(H3,11,12,13,14,15,16). The number of hydrogen-bond donors (Lipinski definition) is 3. The van der Waals surface area contributed by atoms with Crippen LogP contribution in [-0.2, 0) is 0 Å². The van der Waals surface area contributed by atoms with Gasteiger partial charge in [0.05, 0.1) is 0 Å². The molecule has 0 saturated carbocycles. The Morgan fingerprint density at radius 1 is 1.56 bits per heavy atom. The molecule has 2 amide bonds. The zero-order valence-electron chi connectivity index (χ0n) is 9.46. The predicted octanol–water partition coefficient (Wildman–Crippen LogP) is 1.000. The first kappa shape index (κ1) is 12.2. The minimum absolute atomic E-state index is 0.166. The minimum atomic E-state index is -0.359. The van der Waals surface area contributed by atoms with Crippen molar-refractivity contribution in [1.82, 2.24) is 15.3 Å². The molecule has 0 aliphatic carbocycles. The van der Waals surface area contributed by atoms with Gasteiger partial charge >= 0.3 is 6.03 Å². The summed E-state index contributed by atoms with van der Waals surface area (Å²) in [5.41, 5.74) is 0.281. The monoisotopic (exact) mass is 224 g/mol. The molecule has 6 heteroatoms. The van der Waals surface area contributed by atoms with E-state index in [1.54, 1.807) is 6.92 Å². The summed E-state index contributed by atoms with van der Waals surface area (Å²) in [6.45, 7) is 4.34. The molecule has 0 fully saturated rings. The van der Waals surface area contributed by atoms with E-state index in [1.165, 1.54) is 6.07 Å². The molecule has 0 aliphatic rings. The van der Waals surface area contributed by atoms with E-state index in [4.69, 9.17) is 0 Å². The van der Waals surface area contributed by atoms with Crippen LogP contribution >= 0.6 is 0 Å². The number of carbonyl (C=O) groups is 1. The number of amides is 2. The molecule has 0 unspecified atom stereocenters. The molecule has 88 valence electrons. The van der Waals surface area contributed by atoms with Crippen molar-refractivity contribution in [2.45, 2.75) is 26.7 Å². The van der Waals surface area contributed by atoms with E-state index in [2.05, 4.69) is 20.6 Å². The highest BCUT2D eigenvalue weighted by Crippen LogP contribution is 1.95. The Morgan fingerprint density at radius 2 is 2.31 bits per heavy atom. The third kappa shape index (κ3) is 4.12. The number of aromatic nitrogens is 2. The number of urea groups is 1. The lowest BCUT2D eigenvalue weighted by Crippen LogP contribution is -2.31. The average Bonchev–Trinajstić information content (AvgIpc) is 2.16. The lowest BCUT2D eigenvalue weighted by Gasteiger charge is -2.06. The normalized spacial score (nSPS) is 9.88. The van der Waals surface area contributed by atoms with Crippen LogP contribution in [0.3, 0.4) is 0 Å². The molecule has 0 radical (unpaired) electrons. The lowest BCUT2D eigenvalue weighted by molar-refractivity contribution is 0.252. The van der Waals surface area contributed by atoms with Crippen LogP contribution in [-0.4, -0.2) is 22.5 Å². The Morgan fingerprint density at radius 3 is 2.94 bits per heavy atom. The van der Waals surface area contributed by atoms with Crippen LogP contribution in [0, 0.1) is 6.92 Å². The fourth-order valence-electron chi connectivity index (χ4n) is 1.17. The second-order valence-corrected chi connectivity index (χ2v) is 3.47. The number of hydrogen-bond acceptors (Lipinski definition) is 3. The molecule has 16 heavy (non-hydrogen) atoms. The van der Waals surface area contributed by atoms with Crippen LogP contribution < -0.4 is 16.2 Å². The van der Waals surface area contributed by atoms with Crippen LogP contribution in [0.25, 0.3) is 0 Å². The van der Waals surface area contributed by atoms with Gasteiger partial charge in [0.2, 0.25) is 5.95 Å². The minimum Gasteiger partial charge on any atom is -0.338 e. The zero-order valence-corrected chi connectivity index (χ0v) is 9.46. The molecule has 1 aromatic rings. The molecule has 0 atom stereocenters. The Labute approximate surface area is 93.5 Å². The van der Waals surface area contributed by atoms with Gasteiger partial charge in [-0.15, -0.1) is 0 Å². The summed E-state index contributed by atoms with van der Waals surface area (Å²) in [5, 5.41) is 5.12. The maximum absolute atomic E-state index is 11.3. The number of aryl methyl sites for hydroxylation is 1. The summed E-state index contributed by atoms with van der Waals surface area (Å²) >= 11 is 0. The van der Waals surface area contributed by atoms with Gasteiger partial charge < -0.3 is 5.32 Å². The number of H-pyrrole nitrogens is 1. The maximum atomic E-state index is 11.3. The highest BCUT2D eigenvalue weighted by atomic mass is 16.2. The van der Waals surface area contributed by atoms with Crippen LogP contribution in [0.1, 0.15) is 25.5 Å². The molecule has 1 heterocycles. The highest BCUT2D eigenvalue weighted by molar-refractivity contribution is 5.87. The van der Waals surface area contributed by atoms with E-state index in [0.29, 0.717) is 12.2 Å². The first-order valence-electron chi connectivity index (χ1n) is 5.24. The molecule has 0 bridgehead atoms. The fraction of sp³-hybridized carbons (Fsp3) is 0.500. The van der Waals surface area contributed by atoms with Crippen molar-refractivity contribution in [3.8, 4) is 0 Å². The zero-order chi connectivity index (χ0) is 12.0. The molecule has 1 rings (SSSR count). The van der Waals surface area contributed by atoms with Crippen LogP contribution in [0.2, 0.25) is 0 Å². The number of nitrogens with zero attached hydrogens (tertiary/aromatic N) is 1. The quantitative estimate of drug-likeness (QED) is 0.667. The highest BCUT2D eigenvalue weighted by Gasteiger charge is 2.03. The van der Waals surface area contributed by atoms with Crippen LogP contribution in [0.4, 0.5) is 10.7 Å². The van der Waals surface area contributed by atoms with Gasteiger partial charge in [0.1, 0.15) is 0 Å². The lowest BCUT2D eigenvalue weighted by atomic mass is 10.3. The Kier molecular flexibility index (Phi) is 4.50. The number of unbranched alkanes of at least 4 members (excludes halogenated alkanes) is 1. The van der Waals surface area contributed by atoms with Crippen LogP contribution in [0.15, 0.2) is 10.9 Å². The first-order valence-corrected chi connectivity index (χ1v) is 5.24. The van der Waals surface area contributed by atoms with E-state index in [1.807, 2.05) is 6.92 Å². The van der Waals surface area contributed by atoms with Gasteiger partial charge in [0, 0.05) is 18.3 Å². The summed E-state index contributed by atoms with van der Waals surface area (Å²) in [7, 11) is 0. The number of rotatable bonds is 4. The Bertz CT molecular complexity index is 414. The molecule has 6 nitrogen and oxygen atoms in total. The summed E-state index contributed by atoms with van der Waals surface area (Å²) in [6.07, 6.45) is 1.94. The SMILES string of the molecule is CCCCNC(=O)Nc1nc(C)cc(=O)[nH]1. The third-order valence-corrected chi connectivity index (χ3v) is 1.92.